The van der Waals surface area contributed by atoms with Crippen LogP contribution in [0.4, 0.5) is 4.39 Å². The molecule has 0 saturated heterocycles. The number of hydrogen-bond acceptors (Lipinski definition) is 3. The molecule has 102 valence electrons. The lowest BCUT2D eigenvalue weighted by molar-refractivity contribution is 0.574. The Bertz CT molecular complexity index is 695. The lowest BCUT2D eigenvalue weighted by Crippen LogP contribution is -2.24. The molecule has 2 rings (SSSR count). The molecule has 0 aliphatic rings. The van der Waals surface area contributed by atoms with Gasteiger partial charge in [-0.25, -0.2) is 17.5 Å². The Balaban J connectivity index is 2.19. The lowest BCUT2D eigenvalue weighted by Gasteiger charge is -2.06. The molecule has 0 aliphatic heterocycles. The Kier molecular flexibility index (Phi) is 3.68. The summed E-state index contributed by atoms with van der Waals surface area (Å²) in [6.45, 7) is 1.51. The van der Waals surface area contributed by atoms with Gasteiger partial charge in [0.1, 0.15) is 10.7 Å². The Hall–Kier alpha value is -1.73. The van der Waals surface area contributed by atoms with E-state index < -0.39 is 15.8 Å². The average Bonchev–Trinajstić information content (AvgIpc) is 2.68. The number of halogens is 1. The summed E-state index contributed by atoms with van der Waals surface area (Å²) in [5, 5.41) is 3.97. The second-order valence-corrected chi connectivity index (χ2v) is 5.90. The minimum atomic E-state index is -3.69. The van der Waals surface area contributed by atoms with E-state index in [1.54, 1.807) is 26.1 Å². The van der Waals surface area contributed by atoms with E-state index in [2.05, 4.69) is 9.82 Å². The molecule has 5 nitrogen and oxygen atoms in total. The van der Waals surface area contributed by atoms with E-state index in [1.807, 2.05) is 0 Å². The van der Waals surface area contributed by atoms with Gasteiger partial charge < -0.3 is 0 Å². The summed E-state index contributed by atoms with van der Waals surface area (Å²) in [5.41, 5.74) is 0.705. The molecule has 0 atom stereocenters. The van der Waals surface area contributed by atoms with Gasteiger partial charge in [0.15, 0.2) is 0 Å². The molecule has 7 heteroatoms. The van der Waals surface area contributed by atoms with E-state index >= 15 is 0 Å². The van der Waals surface area contributed by atoms with Gasteiger partial charge in [0.2, 0.25) is 10.0 Å². The van der Waals surface area contributed by atoms with Crippen molar-refractivity contribution in [2.45, 2.75) is 18.4 Å². The fourth-order valence-electron chi connectivity index (χ4n) is 1.73. The highest BCUT2D eigenvalue weighted by molar-refractivity contribution is 7.89. The predicted molar refractivity (Wildman–Crippen MR) is 68.4 cm³/mol. The van der Waals surface area contributed by atoms with Gasteiger partial charge in [0, 0.05) is 25.4 Å². The normalized spacial score (nSPS) is 11.7. The maximum atomic E-state index is 13.4. The van der Waals surface area contributed by atoms with Crippen LogP contribution < -0.4 is 4.72 Å². The number of aryl methyl sites for hydroxylation is 2. The topological polar surface area (TPSA) is 64.0 Å². The van der Waals surface area contributed by atoms with E-state index in [4.69, 9.17) is 0 Å². The first-order valence-electron chi connectivity index (χ1n) is 5.63. The summed E-state index contributed by atoms with van der Waals surface area (Å²) in [4.78, 5) is 0.103. The van der Waals surface area contributed by atoms with Crippen molar-refractivity contribution >= 4 is 10.0 Å². The van der Waals surface area contributed by atoms with Crippen molar-refractivity contribution in [1.29, 1.82) is 0 Å². The van der Waals surface area contributed by atoms with Crippen molar-refractivity contribution < 1.29 is 12.8 Å². The highest BCUT2D eigenvalue weighted by atomic mass is 32.2. The van der Waals surface area contributed by atoms with Crippen molar-refractivity contribution in [3.05, 3.63) is 47.5 Å². The Labute approximate surface area is 111 Å². The third-order valence-electron chi connectivity index (χ3n) is 2.67. The molecule has 0 unspecified atom stereocenters. The standard InChI is InChI=1S/C12H14FN3O2S/c1-9-12(8-16(2)15-9)19(17,18)14-7-10-5-3-4-6-11(10)13/h3-6,8,14H,7H2,1-2H3. The monoisotopic (exact) mass is 283 g/mol. The number of aromatic nitrogens is 2. The number of rotatable bonds is 4. The molecule has 1 aromatic carbocycles. The quantitative estimate of drug-likeness (QED) is 0.921. The van der Waals surface area contributed by atoms with E-state index in [-0.39, 0.29) is 11.4 Å². The van der Waals surface area contributed by atoms with Crippen molar-refractivity contribution in [3.63, 3.8) is 0 Å². The second-order valence-electron chi connectivity index (χ2n) is 4.17. The molecule has 1 aromatic heterocycles. The molecule has 1 N–H and O–H groups in total. The third-order valence-corrected chi connectivity index (χ3v) is 4.17. The zero-order valence-electron chi connectivity index (χ0n) is 10.6. The molecular weight excluding hydrogens is 269 g/mol. The SMILES string of the molecule is Cc1nn(C)cc1S(=O)(=O)NCc1ccccc1F. The van der Waals surface area contributed by atoms with Crippen molar-refractivity contribution in [1.82, 2.24) is 14.5 Å². The molecule has 2 aromatic rings. The number of benzene rings is 1. The van der Waals surface area contributed by atoms with E-state index in [0.717, 1.165) is 0 Å². The molecule has 0 amide bonds. The fraction of sp³-hybridized carbons (Fsp3) is 0.250. The second kappa shape index (κ2) is 5.10. The van der Waals surface area contributed by atoms with Crippen LogP contribution in [-0.4, -0.2) is 18.2 Å². The summed E-state index contributed by atoms with van der Waals surface area (Å²) >= 11 is 0. The third kappa shape index (κ3) is 2.99. The van der Waals surface area contributed by atoms with Gasteiger partial charge in [-0.05, 0) is 13.0 Å². The Morgan fingerprint density at radius 2 is 2.05 bits per heavy atom. The molecule has 0 fully saturated rings. The molecule has 0 bridgehead atoms. The van der Waals surface area contributed by atoms with Crippen LogP contribution in [0.1, 0.15) is 11.3 Å². The van der Waals surface area contributed by atoms with Crippen LogP contribution in [0.2, 0.25) is 0 Å². The van der Waals surface area contributed by atoms with Gasteiger partial charge in [-0.1, -0.05) is 18.2 Å². The van der Waals surface area contributed by atoms with Crippen LogP contribution in [0.3, 0.4) is 0 Å². The molecule has 0 saturated carbocycles. The average molecular weight is 283 g/mol. The van der Waals surface area contributed by atoms with Crippen LogP contribution in [0.5, 0.6) is 0 Å². The predicted octanol–water partition coefficient (Wildman–Crippen LogP) is 1.35. The van der Waals surface area contributed by atoms with Gasteiger partial charge >= 0.3 is 0 Å². The van der Waals surface area contributed by atoms with Crippen LogP contribution in [0, 0.1) is 12.7 Å². The molecule has 1 heterocycles. The zero-order valence-corrected chi connectivity index (χ0v) is 11.4. The van der Waals surface area contributed by atoms with Gasteiger partial charge in [-0.3, -0.25) is 4.68 Å². The fourth-order valence-corrected chi connectivity index (χ4v) is 2.96. The molecule has 19 heavy (non-hydrogen) atoms. The van der Waals surface area contributed by atoms with Crippen molar-refractivity contribution in [2.75, 3.05) is 0 Å². The van der Waals surface area contributed by atoms with E-state index in [1.165, 1.54) is 23.0 Å². The van der Waals surface area contributed by atoms with E-state index in [0.29, 0.717) is 11.3 Å². The summed E-state index contributed by atoms with van der Waals surface area (Å²) in [6.07, 6.45) is 1.42. The smallest absolute Gasteiger partial charge is 0.244 e. The highest BCUT2D eigenvalue weighted by Crippen LogP contribution is 2.13. The van der Waals surface area contributed by atoms with Gasteiger partial charge in [0.05, 0.1) is 5.69 Å². The minimum absolute atomic E-state index is 0.0939. The van der Waals surface area contributed by atoms with Crippen LogP contribution in [-0.2, 0) is 23.6 Å². The summed E-state index contributed by atoms with van der Waals surface area (Å²) in [5.74, 6) is -0.437. The summed E-state index contributed by atoms with van der Waals surface area (Å²) < 4.78 is 41.3. The van der Waals surface area contributed by atoms with Crippen LogP contribution in [0.25, 0.3) is 0 Å². The minimum Gasteiger partial charge on any atom is -0.274 e. The first-order chi connectivity index (χ1) is 8.90. The maximum absolute atomic E-state index is 13.4. The van der Waals surface area contributed by atoms with E-state index in [9.17, 15) is 12.8 Å². The van der Waals surface area contributed by atoms with Crippen LogP contribution in [0.15, 0.2) is 35.4 Å². The number of nitrogens with zero attached hydrogens (tertiary/aromatic N) is 2. The number of sulfonamides is 1. The lowest BCUT2D eigenvalue weighted by atomic mass is 10.2. The molecular formula is C12H14FN3O2S. The van der Waals surface area contributed by atoms with Crippen molar-refractivity contribution in [3.8, 4) is 0 Å². The van der Waals surface area contributed by atoms with Gasteiger partial charge in [0.25, 0.3) is 0 Å². The number of nitrogens with one attached hydrogen (secondary N) is 1. The largest absolute Gasteiger partial charge is 0.274 e. The zero-order chi connectivity index (χ0) is 14.0. The number of hydrogen-bond donors (Lipinski definition) is 1. The van der Waals surface area contributed by atoms with Gasteiger partial charge in [-0.15, -0.1) is 0 Å². The van der Waals surface area contributed by atoms with Gasteiger partial charge in [-0.2, -0.15) is 5.10 Å². The maximum Gasteiger partial charge on any atom is 0.244 e. The molecule has 0 radical (unpaired) electrons. The summed E-state index contributed by atoms with van der Waals surface area (Å²) in [7, 11) is -2.04. The highest BCUT2D eigenvalue weighted by Gasteiger charge is 2.19. The Morgan fingerprint density at radius 1 is 1.37 bits per heavy atom. The molecule has 0 spiro atoms. The first-order valence-corrected chi connectivity index (χ1v) is 7.12. The van der Waals surface area contributed by atoms with Crippen LogP contribution >= 0.6 is 0 Å². The van der Waals surface area contributed by atoms with Crippen molar-refractivity contribution in [2.24, 2.45) is 7.05 Å². The molecule has 0 aliphatic carbocycles. The Morgan fingerprint density at radius 3 is 2.63 bits per heavy atom. The summed E-state index contributed by atoms with van der Waals surface area (Å²) in [6, 6.07) is 6.04. The first kappa shape index (κ1) is 13.7.